The zero-order valence-electron chi connectivity index (χ0n) is 27.8. The van der Waals surface area contributed by atoms with Gasteiger partial charge in [-0.05, 0) is 74.5 Å². The zero-order valence-corrected chi connectivity index (χ0v) is 29.4. The number of piperidine rings is 2. The Morgan fingerprint density at radius 3 is 2.48 bits per heavy atom. The number of carbonyl (C=O) groups is 2. The van der Waals surface area contributed by atoms with Crippen molar-refractivity contribution in [3.05, 3.63) is 65.4 Å². The molecule has 16 heteroatoms. The predicted molar refractivity (Wildman–Crippen MR) is 189 cm³/mol. The van der Waals surface area contributed by atoms with E-state index in [2.05, 4.69) is 42.7 Å². The summed E-state index contributed by atoms with van der Waals surface area (Å²) in [5, 5.41) is 11.6. The highest BCUT2D eigenvalue weighted by Crippen LogP contribution is 2.34. The van der Waals surface area contributed by atoms with E-state index in [4.69, 9.17) is 16.3 Å². The van der Waals surface area contributed by atoms with Crippen molar-refractivity contribution in [2.24, 2.45) is 7.05 Å². The van der Waals surface area contributed by atoms with Crippen LogP contribution in [-0.2, 0) is 21.9 Å². The second-order valence-electron chi connectivity index (χ2n) is 13.0. The molecule has 2 aromatic heterocycles. The summed E-state index contributed by atoms with van der Waals surface area (Å²) in [6.07, 6.45) is 6.59. The molecule has 3 aliphatic heterocycles. The lowest BCUT2D eigenvalue weighted by Gasteiger charge is -2.32. The highest BCUT2D eigenvalue weighted by molar-refractivity contribution is 7.89. The molecule has 3 aliphatic rings. The first-order valence-electron chi connectivity index (χ1n) is 16.9. The first-order valence-corrected chi connectivity index (χ1v) is 18.7. The lowest BCUT2D eigenvalue weighted by molar-refractivity contribution is -0.120. The Bertz CT molecular complexity index is 1970. The number of carbonyl (C=O) groups excluding carboxylic acids is 2. The molecule has 14 nitrogen and oxygen atoms in total. The maximum atomic E-state index is 13.5. The van der Waals surface area contributed by atoms with E-state index in [-0.39, 0.29) is 23.3 Å². The van der Waals surface area contributed by atoms with Gasteiger partial charge in [-0.3, -0.25) is 24.6 Å². The first kappa shape index (κ1) is 34.2. The van der Waals surface area contributed by atoms with Crippen LogP contribution in [0, 0.1) is 0 Å². The zero-order chi connectivity index (χ0) is 34.8. The number of ether oxygens (including phenoxy) is 1. The molecular formula is C34H40ClN9O5S. The number of fused-ring (bicyclic) bond motifs is 1. The highest BCUT2D eigenvalue weighted by Gasteiger charge is 2.31. The van der Waals surface area contributed by atoms with Gasteiger partial charge in [0.25, 0.3) is 0 Å². The smallest absolute Gasteiger partial charge is 0.329 e. The summed E-state index contributed by atoms with van der Waals surface area (Å²) in [7, 11) is -1.79. The number of aromatic nitrogens is 4. The molecule has 0 saturated carbocycles. The number of anilines is 2. The summed E-state index contributed by atoms with van der Waals surface area (Å²) in [5.41, 5.74) is 2.20. The molecule has 4 aromatic rings. The van der Waals surface area contributed by atoms with E-state index < -0.39 is 16.1 Å². The number of aryl methyl sites for hydroxylation is 1. The van der Waals surface area contributed by atoms with Gasteiger partial charge in [0.2, 0.25) is 21.9 Å². The molecule has 2 aromatic carbocycles. The van der Waals surface area contributed by atoms with Gasteiger partial charge in [-0.15, -0.1) is 0 Å². The van der Waals surface area contributed by atoms with Crippen molar-refractivity contribution >= 4 is 56.2 Å². The topological polar surface area (TPSA) is 155 Å². The Morgan fingerprint density at radius 2 is 1.74 bits per heavy atom. The molecule has 2 N–H and O–H groups in total. The highest BCUT2D eigenvalue weighted by atomic mass is 35.5. The fourth-order valence-electron chi connectivity index (χ4n) is 6.94. The molecule has 0 bridgehead atoms. The largest absolute Gasteiger partial charge is 0.492 e. The van der Waals surface area contributed by atoms with Gasteiger partial charge in [0.05, 0.1) is 27.8 Å². The van der Waals surface area contributed by atoms with E-state index in [1.165, 1.54) is 27.2 Å². The molecule has 0 radical (unpaired) electrons. The van der Waals surface area contributed by atoms with Gasteiger partial charge in [0.1, 0.15) is 12.4 Å². The summed E-state index contributed by atoms with van der Waals surface area (Å²) in [5.74, 6) is 1.72. The fourth-order valence-corrected chi connectivity index (χ4v) is 8.54. The normalized spacial score (nSPS) is 18.8. The van der Waals surface area contributed by atoms with Crippen LogP contribution in [0.15, 0.2) is 59.8 Å². The molecule has 3 amide bonds. The molecule has 0 aliphatic carbocycles. The Labute approximate surface area is 295 Å². The lowest BCUT2D eigenvalue weighted by Crippen LogP contribution is -2.49. The van der Waals surface area contributed by atoms with Gasteiger partial charge >= 0.3 is 6.03 Å². The number of nitrogens with one attached hydrogen (secondary N) is 2. The minimum atomic E-state index is -3.66. The molecule has 264 valence electrons. The van der Waals surface area contributed by atoms with Crippen molar-refractivity contribution in [3.63, 3.8) is 0 Å². The summed E-state index contributed by atoms with van der Waals surface area (Å²) < 4.78 is 36.3. The third-order valence-corrected chi connectivity index (χ3v) is 11.8. The minimum Gasteiger partial charge on any atom is -0.492 e. The number of imide groups is 1. The monoisotopic (exact) mass is 721 g/mol. The molecule has 50 heavy (non-hydrogen) atoms. The standard InChI is InChI=1S/C34H40ClN9O5S/c1-41-30-19-24(5-6-29(30)32(40-41)44-16-11-31(45)39-34(44)46)23-7-12-42(13-8-23)17-18-49-27-3-2-4-28(20-27)50(47,48)43-14-9-26(10-15-43)38-33-36-21-25(35)22-37-33/h2-6,19-23,26H,7-18H2,1H3,(H,36,37,38)(H,39,45,46). The molecule has 0 spiro atoms. The second kappa shape index (κ2) is 14.5. The lowest BCUT2D eigenvalue weighted by atomic mass is 9.89. The van der Waals surface area contributed by atoms with Gasteiger partial charge in [0.15, 0.2) is 5.82 Å². The molecule has 3 saturated heterocycles. The number of benzene rings is 2. The van der Waals surface area contributed by atoms with Crippen molar-refractivity contribution in [3.8, 4) is 5.75 Å². The fraction of sp³-hybridized carbons (Fsp3) is 0.441. The Kier molecular flexibility index (Phi) is 9.91. The number of amides is 3. The van der Waals surface area contributed by atoms with Crippen LogP contribution in [0.1, 0.15) is 43.6 Å². The number of likely N-dealkylation sites (tertiary alicyclic amines) is 1. The number of nitrogens with zero attached hydrogens (tertiary/aromatic N) is 7. The Hall–Kier alpha value is -4.31. The van der Waals surface area contributed by atoms with Gasteiger partial charge in [-0.1, -0.05) is 23.7 Å². The second-order valence-corrected chi connectivity index (χ2v) is 15.3. The Morgan fingerprint density at radius 1 is 0.980 bits per heavy atom. The third-order valence-electron chi connectivity index (χ3n) is 9.75. The Balaban J connectivity index is 0.884. The van der Waals surface area contributed by atoms with E-state index in [1.54, 1.807) is 28.9 Å². The number of urea groups is 1. The molecule has 0 atom stereocenters. The summed E-state index contributed by atoms with van der Waals surface area (Å²) >= 11 is 5.87. The average Bonchev–Trinajstić information content (AvgIpc) is 3.45. The molecule has 0 unspecified atom stereocenters. The van der Waals surface area contributed by atoms with Crippen molar-refractivity contribution < 1.29 is 22.7 Å². The summed E-state index contributed by atoms with van der Waals surface area (Å²) in [6.45, 7) is 4.15. The van der Waals surface area contributed by atoms with E-state index in [1.807, 2.05) is 13.1 Å². The molecule has 3 fully saturated rings. The van der Waals surface area contributed by atoms with Crippen LogP contribution in [0.3, 0.4) is 0 Å². The van der Waals surface area contributed by atoms with E-state index in [0.717, 1.165) is 43.4 Å². The van der Waals surface area contributed by atoms with Crippen LogP contribution in [0.25, 0.3) is 10.9 Å². The SMILES string of the molecule is Cn1nc(N2CCC(=O)NC2=O)c2ccc(C3CCN(CCOc4cccc(S(=O)(=O)N5CCC(Nc6ncc(Cl)cn6)CC5)c4)CC3)cc21. The van der Waals surface area contributed by atoms with E-state index in [0.29, 0.717) is 67.5 Å². The van der Waals surface area contributed by atoms with Crippen LogP contribution in [0.4, 0.5) is 16.6 Å². The maximum Gasteiger partial charge on any atom is 0.329 e. The molecule has 7 rings (SSSR count). The number of hydrogen-bond acceptors (Lipinski definition) is 10. The molecule has 5 heterocycles. The van der Waals surface area contributed by atoms with Crippen LogP contribution in [0.2, 0.25) is 5.02 Å². The quantitative estimate of drug-likeness (QED) is 0.246. The van der Waals surface area contributed by atoms with Crippen LogP contribution in [0.5, 0.6) is 5.75 Å². The van der Waals surface area contributed by atoms with Crippen LogP contribution in [-0.4, -0.2) is 101 Å². The van der Waals surface area contributed by atoms with E-state index >= 15 is 0 Å². The van der Waals surface area contributed by atoms with Gasteiger partial charge in [-0.2, -0.15) is 9.40 Å². The molecular weight excluding hydrogens is 682 g/mol. The van der Waals surface area contributed by atoms with Crippen molar-refractivity contribution in [2.45, 2.75) is 49.0 Å². The number of sulfonamides is 1. The first-order chi connectivity index (χ1) is 24.1. The number of halogens is 1. The van der Waals surface area contributed by atoms with Crippen molar-refractivity contribution in [2.75, 3.05) is 56.1 Å². The van der Waals surface area contributed by atoms with Crippen molar-refractivity contribution in [1.29, 1.82) is 0 Å². The van der Waals surface area contributed by atoms with Crippen LogP contribution >= 0.6 is 11.6 Å². The maximum absolute atomic E-state index is 13.5. The number of hydrogen-bond donors (Lipinski definition) is 2. The number of rotatable bonds is 10. The predicted octanol–water partition coefficient (Wildman–Crippen LogP) is 3.99. The van der Waals surface area contributed by atoms with Crippen LogP contribution < -0.4 is 20.3 Å². The van der Waals surface area contributed by atoms with Gasteiger partial charge < -0.3 is 10.1 Å². The summed E-state index contributed by atoms with van der Waals surface area (Å²) in [4.78, 5) is 36.5. The summed E-state index contributed by atoms with van der Waals surface area (Å²) in [6, 6.07) is 12.7. The van der Waals surface area contributed by atoms with Gasteiger partial charge in [-0.25, -0.2) is 23.2 Å². The average molecular weight is 722 g/mol. The van der Waals surface area contributed by atoms with E-state index in [9.17, 15) is 18.0 Å². The van der Waals surface area contributed by atoms with Gasteiger partial charge in [0, 0.05) is 57.1 Å². The minimum absolute atomic E-state index is 0.0745. The third kappa shape index (κ3) is 7.41. The van der Waals surface area contributed by atoms with Crippen molar-refractivity contribution in [1.82, 2.24) is 34.3 Å².